The molecule has 0 saturated heterocycles. The third-order valence-electron chi connectivity index (χ3n) is 8.60. The van der Waals surface area contributed by atoms with E-state index in [1.165, 1.54) is 23.6 Å². The Morgan fingerprint density at radius 3 is 2.56 bits per heavy atom. The maximum absolute atomic E-state index is 13.9. The van der Waals surface area contributed by atoms with Gasteiger partial charge in [-0.1, -0.05) is 62.9 Å². The van der Waals surface area contributed by atoms with Crippen molar-refractivity contribution in [3.8, 4) is 0 Å². The molecular weight excluding hydrogens is 536 g/mol. The highest BCUT2D eigenvalue weighted by Gasteiger charge is 2.31. The van der Waals surface area contributed by atoms with Crippen LogP contribution in [0.5, 0.6) is 0 Å². The van der Waals surface area contributed by atoms with Crippen LogP contribution in [0.3, 0.4) is 0 Å². The van der Waals surface area contributed by atoms with Gasteiger partial charge in [-0.25, -0.2) is 8.42 Å². The molecule has 1 aliphatic carbocycles. The molecule has 0 unspecified atom stereocenters. The number of aliphatic hydroxyl groups is 1. The summed E-state index contributed by atoms with van der Waals surface area (Å²) in [5.74, 6) is -0.292. The maximum atomic E-state index is 13.9. The number of aryl methyl sites for hydroxylation is 2. The lowest BCUT2D eigenvalue weighted by Gasteiger charge is -2.29. The normalized spacial score (nSPS) is 18.7. The lowest BCUT2D eigenvalue weighted by molar-refractivity contribution is 0.0821. The van der Waals surface area contributed by atoms with Gasteiger partial charge < -0.3 is 20.3 Å². The summed E-state index contributed by atoms with van der Waals surface area (Å²) in [6.45, 7) is 5.02. The molecule has 1 aliphatic heterocycles. The number of benzene rings is 2. The summed E-state index contributed by atoms with van der Waals surface area (Å²) in [5, 5.41) is 18.9. The molecule has 8 nitrogen and oxygen atoms in total. The largest absolute Gasteiger partial charge is 0.390 e. The van der Waals surface area contributed by atoms with Gasteiger partial charge in [0.05, 0.1) is 29.1 Å². The van der Waals surface area contributed by atoms with E-state index in [0.717, 1.165) is 47.7 Å². The van der Waals surface area contributed by atoms with Crippen molar-refractivity contribution in [3.05, 3.63) is 65.4 Å². The number of anilines is 1. The molecule has 5 rings (SSSR count). The number of sulfonamides is 1. The molecule has 1 amide bonds. The van der Waals surface area contributed by atoms with Gasteiger partial charge in [-0.05, 0) is 55.9 Å². The third-order valence-corrected chi connectivity index (χ3v) is 10.4. The molecule has 41 heavy (non-hydrogen) atoms. The number of rotatable bonds is 11. The third kappa shape index (κ3) is 6.63. The summed E-state index contributed by atoms with van der Waals surface area (Å²) in [6.07, 6.45) is 9.44. The second-order valence-electron chi connectivity index (χ2n) is 11.6. The fourth-order valence-electron chi connectivity index (χ4n) is 6.43. The number of nitrogens with zero attached hydrogens (tertiary/aromatic N) is 2. The summed E-state index contributed by atoms with van der Waals surface area (Å²) in [5.41, 5.74) is 3.97. The molecule has 2 heterocycles. The second-order valence-corrected chi connectivity index (χ2v) is 13.6. The average molecular weight is 581 g/mol. The highest BCUT2D eigenvalue weighted by molar-refractivity contribution is 7.92. The first-order valence-electron chi connectivity index (χ1n) is 15.2. The van der Waals surface area contributed by atoms with Crippen molar-refractivity contribution < 1.29 is 18.3 Å². The van der Waals surface area contributed by atoms with Gasteiger partial charge >= 0.3 is 0 Å². The maximum Gasteiger partial charge on any atom is 0.251 e. The van der Waals surface area contributed by atoms with Crippen LogP contribution in [0, 0.1) is 0 Å². The summed E-state index contributed by atoms with van der Waals surface area (Å²) >= 11 is 0. The highest BCUT2D eigenvalue weighted by atomic mass is 32.2. The van der Waals surface area contributed by atoms with Gasteiger partial charge in [-0.3, -0.25) is 9.10 Å². The standard InChI is InChI=1S/C32H44N4O4S/c1-3-11-24-22-35-16-17-41(39,40)36(4-2)29-20-25(19-27(24)31(29)35)32(38)34-28(18-23-12-7-5-8-13-23)30(37)21-33-26-14-9-6-10-15-26/h5,7-8,12-13,19-20,22,26,28,30,33,37H,3-4,6,9-11,14-18,21H2,1-2H3,(H,34,38)/t28-,30+/m0/s1. The van der Waals surface area contributed by atoms with Crippen LogP contribution in [0.4, 0.5) is 5.69 Å². The van der Waals surface area contributed by atoms with Crippen LogP contribution in [0.1, 0.15) is 73.9 Å². The van der Waals surface area contributed by atoms with Crippen LogP contribution >= 0.6 is 0 Å². The molecule has 2 aliphatic rings. The van der Waals surface area contributed by atoms with Gasteiger partial charge in [0.15, 0.2) is 0 Å². The number of nitrogens with one attached hydrogen (secondary N) is 2. The number of carbonyl (C=O) groups excluding carboxylic acids is 1. The number of amides is 1. The molecule has 2 aromatic carbocycles. The van der Waals surface area contributed by atoms with Crippen molar-refractivity contribution in [3.63, 3.8) is 0 Å². The van der Waals surface area contributed by atoms with E-state index in [-0.39, 0.29) is 11.7 Å². The van der Waals surface area contributed by atoms with E-state index >= 15 is 0 Å². The van der Waals surface area contributed by atoms with Gasteiger partial charge in [0.2, 0.25) is 10.0 Å². The minimum absolute atomic E-state index is 0.0196. The molecule has 3 N–H and O–H groups in total. The van der Waals surface area contributed by atoms with Gasteiger partial charge in [-0.15, -0.1) is 0 Å². The van der Waals surface area contributed by atoms with E-state index in [1.54, 1.807) is 6.07 Å². The van der Waals surface area contributed by atoms with E-state index in [0.29, 0.717) is 43.3 Å². The van der Waals surface area contributed by atoms with Crippen molar-refractivity contribution >= 4 is 32.5 Å². The topological polar surface area (TPSA) is 104 Å². The van der Waals surface area contributed by atoms with Gasteiger partial charge in [0.1, 0.15) is 0 Å². The van der Waals surface area contributed by atoms with Crippen molar-refractivity contribution in [2.45, 2.75) is 89.9 Å². The number of hydrogen-bond donors (Lipinski definition) is 3. The Morgan fingerprint density at radius 1 is 1.10 bits per heavy atom. The fraction of sp³-hybridized carbons (Fsp3) is 0.531. The van der Waals surface area contributed by atoms with Gasteiger partial charge in [0, 0.05) is 42.8 Å². The average Bonchev–Trinajstić information content (AvgIpc) is 3.28. The Kier molecular flexibility index (Phi) is 9.36. The molecule has 9 heteroatoms. The zero-order valence-corrected chi connectivity index (χ0v) is 25.1. The first kappa shape index (κ1) is 29.6. The van der Waals surface area contributed by atoms with Crippen molar-refractivity contribution in [1.29, 1.82) is 0 Å². The van der Waals surface area contributed by atoms with Crippen LogP contribution in [0.25, 0.3) is 10.9 Å². The quantitative estimate of drug-likeness (QED) is 0.312. The van der Waals surface area contributed by atoms with E-state index in [4.69, 9.17) is 0 Å². The first-order chi connectivity index (χ1) is 19.8. The number of hydrogen-bond acceptors (Lipinski definition) is 5. The summed E-state index contributed by atoms with van der Waals surface area (Å²) in [6, 6.07) is 13.4. The monoisotopic (exact) mass is 580 g/mol. The molecule has 0 bridgehead atoms. The van der Waals surface area contributed by atoms with E-state index in [9.17, 15) is 18.3 Å². The zero-order chi connectivity index (χ0) is 29.0. The molecule has 1 aromatic heterocycles. The molecule has 2 atom stereocenters. The summed E-state index contributed by atoms with van der Waals surface area (Å²) < 4.78 is 29.8. The Balaban J connectivity index is 1.46. The Labute approximate surface area is 244 Å². The smallest absolute Gasteiger partial charge is 0.251 e. The Morgan fingerprint density at radius 2 is 1.85 bits per heavy atom. The van der Waals surface area contributed by atoms with Crippen LogP contribution in [-0.4, -0.2) is 61.0 Å². The molecule has 0 radical (unpaired) electrons. The summed E-state index contributed by atoms with van der Waals surface area (Å²) in [7, 11) is -3.52. The van der Waals surface area contributed by atoms with Gasteiger partial charge in [-0.2, -0.15) is 0 Å². The van der Waals surface area contributed by atoms with Crippen molar-refractivity contribution in [2.24, 2.45) is 0 Å². The van der Waals surface area contributed by atoms with E-state index in [2.05, 4.69) is 17.6 Å². The molecular formula is C32H44N4O4S. The van der Waals surface area contributed by atoms with Crippen LogP contribution in [0.2, 0.25) is 0 Å². The fourth-order valence-corrected chi connectivity index (χ4v) is 7.91. The zero-order valence-electron chi connectivity index (χ0n) is 24.3. The summed E-state index contributed by atoms with van der Waals surface area (Å²) in [4.78, 5) is 13.9. The molecule has 3 aromatic rings. The molecule has 1 saturated carbocycles. The number of carbonyl (C=O) groups is 1. The highest BCUT2D eigenvalue weighted by Crippen LogP contribution is 2.36. The SMILES string of the molecule is CCCc1cn2c3c(cc(C(=O)N[C@@H](Cc4ccccc4)[C@H](O)CNC4CCCCC4)cc13)N(CC)S(=O)(=O)CC2. The van der Waals surface area contributed by atoms with Gasteiger partial charge in [0.25, 0.3) is 5.91 Å². The lowest BCUT2D eigenvalue weighted by Crippen LogP contribution is -2.50. The number of aliphatic hydroxyl groups excluding tert-OH is 1. The lowest BCUT2D eigenvalue weighted by atomic mass is 9.94. The van der Waals surface area contributed by atoms with Crippen molar-refractivity contribution in [2.75, 3.05) is 23.1 Å². The molecule has 0 spiro atoms. The molecule has 1 fully saturated rings. The Bertz CT molecular complexity index is 1450. The second kappa shape index (κ2) is 13.0. The number of aromatic nitrogens is 1. The van der Waals surface area contributed by atoms with Crippen molar-refractivity contribution in [1.82, 2.24) is 15.2 Å². The van der Waals surface area contributed by atoms with E-state index < -0.39 is 22.2 Å². The first-order valence-corrected chi connectivity index (χ1v) is 16.8. The molecule has 222 valence electrons. The predicted molar refractivity (Wildman–Crippen MR) is 165 cm³/mol. The Hall–Kier alpha value is -2.88. The van der Waals surface area contributed by atoms with Crippen LogP contribution in [0.15, 0.2) is 48.7 Å². The van der Waals surface area contributed by atoms with Crippen LogP contribution in [-0.2, 0) is 29.4 Å². The minimum atomic E-state index is -3.52. The minimum Gasteiger partial charge on any atom is -0.390 e. The predicted octanol–water partition coefficient (Wildman–Crippen LogP) is 4.39. The van der Waals surface area contributed by atoms with Crippen LogP contribution < -0.4 is 14.9 Å². The van der Waals surface area contributed by atoms with E-state index in [1.807, 2.05) is 54.1 Å².